The van der Waals surface area contributed by atoms with E-state index in [9.17, 15) is 14.7 Å². The standard InChI is InChI=1S/C36H39N3O6/c1-43-29-19-27(20-30(22-29)44-2)33-11-8-25-18-26(9-12-32(25)37-33)36-31(24-6-4-3-5-7-24)21-28(10-13-35(41)42)39(36)23-34(40)38-14-16-45-17-15-38/h8-13,18-22,24H,3-7,14-17,23H2,1-2H3,(H,41,42)/b13-10+. The second-order valence-electron chi connectivity index (χ2n) is 11.7. The summed E-state index contributed by atoms with van der Waals surface area (Å²) in [6.07, 6.45) is 8.43. The Morgan fingerprint density at radius 3 is 2.36 bits per heavy atom. The van der Waals surface area contributed by atoms with Crippen molar-refractivity contribution in [3.63, 3.8) is 0 Å². The van der Waals surface area contributed by atoms with Gasteiger partial charge in [0, 0.05) is 41.9 Å². The van der Waals surface area contributed by atoms with E-state index in [1.807, 2.05) is 39.8 Å². The molecule has 2 fully saturated rings. The molecule has 0 spiro atoms. The first kappa shape index (κ1) is 30.4. The molecule has 1 N–H and O–H groups in total. The van der Waals surface area contributed by atoms with Crippen molar-refractivity contribution in [2.75, 3.05) is 40.5 Å². The van der Waals surface area contributed by atoms with Gasteiger partial charge in [-0.15, -0.1) is 0 Å². The number of pyridine rings is 1. The first-order chi connectivity index (χ1) is 21.9. The number of aliphatic carboxylic acids is 1. The molecule has 234 valence electrons. The lowest BCUT2D eigenvalue weighted by Gasteiger charge is -2.28. The van der Waals surface area contributed by atoms with Gasteiger partial charge in [0.1, 0.15) is 18.0 Å². The van der Waals surface area contributed by atoms with Gasteiger partial charge in [0.25, 0.3) is 0 Å². The molecule has 1 aliphatic carbocycles. The van der Waals surface area contributed by atoms with Gasteiger partial charge in [0.2, 0.25) is 5.91 Å². The maximum Gasteiger partial charge on any atom is 0.328 e. The molecule has 2 aliphatic rings. The predicted molar refractivity (Wildman–Crippen MR) is 174 cm³/mol. The average Bonchev–Trinajstić information content (AvgIpc) is 3.44. The van der Waals surface area contributed by atoms with Crippen LogP contribution in [0.1, 0.15) is 49.3 Å². The van der Waals surface area contributed by atoms with Gasteiger partial charge in [-0.2, -0.15) is 0 Å². The van der Waals surface area contributed by atoms with Crippen LogP contribution in [0, 0.1) is 0 Å². The highest BCUT2D eigenvalue weighted by Gasteiger charge is 2.27. The number of methoxy groups -OCH3 is 2. The molecule has 0 atom stereocenters. The first-order valence-electron chi connectivity index (χ1n) is 15.6. The van der Waals surface area contributed by atoms with E-state index in [0.717, 1.165) is 70.9 Å². The lowest BCUT2D eigenvalue weighted by Crippen LogP contribution is -2.42. The summed E-state index contributed by atoms with van der Waals surface area (Å²) in [7, 11) is 3.26. The van der Waals surface area contributed by atoms with Crippen molar-refractivity contribution in [2.24, 2.45) is 0 Å². The van der Waals surface area contributed by atoms with E-state index < -0.39 is 5.97 Å². The van der Waals surface area contributed by atoms with Gasteiger partial charge in [-0.05, 0) is 72.4 Å². The summed E-state index contributed by atoms with van der Waals surface area (Å²) in [6.45, 7) is 2.26. The zero-order valence-corrected chi connectivity index (χ0v) is 25.8. The number of benzene rings is 2. The molecule has 3 heterocycles. The van der Waals surface area contributed by atoms with E-state index in [0.29, 0.717) is 43.7 Å². The number of amides is 1. The van der Waals surface area contributed by atoms with Gasteiger partial charge in [0.05, 0.1) is 44.3 Å². The molecule has 2 aromatic carbocycles. The van der Waals surface area contributed by atoms with E-state index >= 15 is 0 Å². The molecule has 9 heteroatoms. The van der Waals surface area contributed by atoms with Gasteiger partial charge >= 0.3 is 5.97 Å². The summed E-state index contributed by atoms with van der Waals surface area (Å²) in [5, 5.41) is 10.4. The number of carbonyl (C=O) groups excluding carboxylic acids is 1. The monoisotopic (exact) mass is 609 g/mol. The molecule has 1 saturated heterocycles. The second-order valence-corrected chi connectivity index (χ2v) is 11.7. The highest BCUT2D eigenvalue weighted by atomic mass is 16.5. The Balaban J connectivity index is 1.45. The van der Waals surface area contributed by atoms with Crippen LogP contribution in [0.4, 0.5) is 0 Å². The number of carbonyl (C=O) groups is 2. The van der Waals surface area contributed by atoms with Crippen LogP contribution in [-0.4, -0.2) is 72.0 Å². The summed E-state index contributed by atoms with van der Waals surface area (Å²) in [6, 6.07) is 18.1. The van der Waals surface area contributed by atoms with E-state index in [4.69, 9.17) is 19.2 Å². The summed E-state index contributed by atoms with van der Waals surface area (Å²) in [5.74, 6) is 0.694. The number of hydrogen-bond acceptors (Lipinski definition) is 6. The molecule has 0 unspecified atom stereocenters. The normalized spacial score (nSPS) is 15.9. The molecule has 0 radical (unpaired) electrons. The molecular weight excluding hydrogens is 570 g/mol. The van der Waals surface area contributed by atoms with Crippen molar-refractivity contribution in [3.05, 3.63) is 71.9 Å². The number of carboxylic acid groups (broad SMARTS) is 1. The summed E-state index contributed by atoms with van der Waals surface area (Å²) in [5.41, 5.74) is 6.36. The number of rotatable bonds is 9. The molecule has 0 bridgehead atoms. The number of carboxylic acids is 1. The van der Waals surface area contributed by atoms with Crippen molar-refractivity contribution in [1.82, 2.24) is 14.5 Å². The van der Waals surface area contributed by atoms with E-state index in [-0.39, 0.29) is 12.5 Å². The van der Waals surface area contributed by atoms with Crippen molar-refractivity contribution >= 4 is 28.9 Å². The highest BCUT2D eigenvalue weighted by molar-refractivity contribution is 5.89. The molecular formula is C36H39N3O6. The van der Waals surface area contributed by atoms with Crippen LogP contribution in [0.25, 0.3) is 39.5 Å². The fourth-order valence-corrected chi connectivity index (χ4v) is 6.54. The minimum Gasteiger partial charge on any atom is -0.497 e. The minimum atomic E-state index is -1.02. The maximum atomic E-state index is 13.6. The Kier molecular flexibility index (Phi) is 9.16. The molecule has 45 heavy (non-hydrogen) atoms. The summed E-state index contributed by atoms with van der Waals surface area (Å²) >= 11 is 0. The molecule has 1 amide bonds. The van der Waals surface area contributed by atoms with E-state index in [1.165, 1.54) is 12.0 Å². The Labute approximate surface area is 263 Å². The van der Waals surface area contributed by atoms with Crippen LogP contribution in [0.2, 0.25) is 0 Å². The average molecular weight is 610 g/mol. The fraction of sp³-hybridized carbons (Fsp3) is 0.361. The van der Waals surface area contributed by atoms with Crippen molar-refractivity contribution in [3.8, 4) is 34.0 Å². The van der Waals surface area contributed by atoms with Crippen LogP contribution < -0.4 is 9.47 Å². The predicted octanol–water partition coefficient (Wildman–Crippen LogP) is 6.39. The maximum absolute atomic E-state index is 13.6. The quantitative estimate of drug-likeness (QED) is 0.219. The van der Waals surface area contributed by atoms with Crippen LogP contribution in [0.5, 0.6) is 11.5 Å². The SMILES string of the molecule is COc1cc(OC)cc(-c2ccc3cc(-c4c(C5CCCCC5)cc(/C=C/C(=O)O)n4CC(=O)N4CCOCC4)ccc3n2)c1. The van der Waals surface area contributed by atoms with E-state index in [1.54, 1.807) is 20.3 Å². The largest absolute Gasteiger partial charge is 0.497 e. The number of nitrogens with zero attached hydrogens (tertiary/aromatic N) is 3. The molecule has 6 rings (SSSR count). The zero-order chi connectivity index (χ0) is 31.3. The van der Waals surface area contributed by atoms with Gasteiger partial charge in [-0.1, -0.05) is 31.4 Å². The molecule has 1 saturated carbocycles. The van der Waals surface area contributed by atoms with E-state index in [2.05, 4.69) is 24.3 Å². The van der Waals surface area contributed by atoms with Crippen molar-refractivity contribution in [2.45, 2.75) is 44.6 Å². The van der Waals surface area contributed by atoms with Crippen LogP contribution in [0.15, 0.2) is 60.7 Å². The highest BCUT2D eigenvalue weighted by Crippen LogP contribution is 2.41. The number of aromatic nitrogens is 2. The smallest absolute Gasteiger partial charge is 0.328 e. The van der Waals surface area contributed by atoms with Crippen LogP contribution >= 0.6 is 0 Å². The first-order valence-corrected chi connectivity index (χ1v) is 15.6. The molecule has 4 aromatic rings. The van der Waals surface area contributed by atoms with Crippen molar-refractivity contribution in [1.29, 1.82) is 0 Å². The van der Waals surface area contributed by atoms with Gasteiger partial charge in [0.15, 0.2) is 0 Å². The lowest BCUT2D eigenvalue weighted by atomic mass is 9.83. The minimum absolute atomic E-state index is 0.00358. The van der Waals surface area contributed by atoms with Crippen LogP contribution in [-0.2, 0) is 20.9 Å². The third kappa shape index (κ3) is 6.73. The Morgan fingerprint density at radius 1 is 0.933 bits per heavy atom. The number of fused-ring (bicyclic) bond motifs is 1. The van der Waals surface area contributed by atoms with Gasteiger partial charge in [-0.25, -0.2) is 9.78 Å². The lowest BCUT2D eigenvalue weighted by molar-refractivity contribution is -0.136. The fourth-order valence-electron chi connectivity index (χ4n) is 6.54. The summed E-state index contributed by atoms with van der Waals surface area (Å²) in [4.78, 5) is 31.9. The Bertz CT molecular complexity index is 1710. The van der Waals surface area contributed by atoms with Crippen molar-refractivity contribution < 1.29 is 28.9 Å². The third-order valence-electron chi connectivity index (χ3n) is 8.87. The topological polar surface area (TPSA) is 103 Å². The van der Waals surface area contributed by atoms with Crippen LogP contribution in [0.3, 0.4) is 0 Å². The van der Waals surface area contributed by atoms with Gasteiger partial charge < -0.3 is 28.8 Å². The zero-order valence-electron chi connectivity index (χ0n) is 25.8. The summed E-state index contributed by atoms with van der Waals surface area (Å²) < 4.78 is 18.4. The molecule has 1 aliphatic heterocycles. The second kappa shape index (κ2) is 13.6. The Morgan fingerprint density at radius 2 is 1.67 bits per heavy atom. The van der Waals surface area contributed by atoms with Gasteiger partial charge in [-0.3, -0.25) is 4.79 Å². The molecule has 9 nitrogen and oxygen atoms in total. The Hall–Kier alpha value is -4.63. The number of hydrogen-bond donors (Lipinski definition) is 1. The number of ether oxygens (including phenoxy) is 3. The number of morpholine rings is 1. The molecule has 2 aromatic heterocycles. The third-order valence-corrected chi connectivity index (χ3v) is 8.87.